The fraction of sp³-hybridized carbons (Fsp3) is 0.292. The zero-order chi connectivity index (χ0) is 20.8. The van der Waals surface area contributed by atoms with Gasteiger partial charge in [-0.1, -0.05) is 24.3 Å². The molecule has 1 amide bonds. The summed E-state index contributed by atoms with van der Waals surface area (Å²) in [5.41, 5.74) is 3.44. The summed E-state index contributed by atoms with van der Waals surface area (Å²) in [6.07, 6.45) is 7.10. The van der Waals surface area contributed by atoms with Crippen LogP contribution in [0.15, 0.2) is 60.9 Å². The molecule has 6 nitrogen and oxygen atoms in total. The van der Waals surface area contributed by atoms with E-state index in [1.807, 2.05) is 48.5 Å². The van der Waals surface area contributed by atoms with E-state index in [0.29, 0.717) is 12.1 Å². The van der Waals surface area contributed by atoms with Crippen molar-refractivity contribution in [3.05, 3.63) is 72.1 Å². The van der Waals surface area contributed by atoms with Crippen LogP contribution in [0.1, 0.15) is 35.2 Å². The first kappa shape index (κ1) is 19.9. The molecule has 0 aliphatic carbocycles. The Hall–Kier alpha value is -3.41. The Labute approximate surface area is 176 Å². The quantitative estimate of drug-likeness (QED) is 0.673. The smallest absolute Gasteiger partial charge is 0.251 e. The lowest BCUT2D eigenvalue weighted by Gasteiger charge is -2.28. The molecule has 1 saturated heterocycles. The van der Waals surface area contributed by atoms with Gasteiger partial charge in [0.25, 0.3) is 5.91 Å². The van der Waals surface area contributed by atoms with Crippen LogP contribution in [0.4, 0.5) is 5.82 Å². The molecule has 30 heavy (non-hydrogen) atoms. The number of piperidine rings is 1. The third-order valence-corrected chi connectivity index (χ3v) is 5.34. The highest BCUT2D eigenvalue weighted by Crippen LogP contribution is 2.28. The van der Waals surface area contributed by atoms with Crippen LogP contribution in [0.5, 0.6) is 5.75 Å². The van der Waals surface area contributed by atoms with E-state index in [2.05, 4.69) is 20.2 Å². The largest absolute Gasteiger partial charge is 0.497 e. The molecule has 154 valence electrons. The Morgan fingerprint density at radius 3 is 2.57 bits per heavy atom. The van der Waals surface area contributed by atoms with Crippen molar-refractivity contribution in [1.82, 2.24) is 15.3 Å². The highest BCUT2D eigenvalue weighted by atomic mass is 16.5. The molecule has 0 unspecified atom stereocenters. The van der Waals surface area contributed by atoms with E-state index in [0.717, 1.165) is 41.5 Å². The lowest BCUT2D eigenvalue weighted by molar-refractivity contribution is 0.0951. The topological polar surface area (TPSA) is 67.3 Å². The minimum Gasteiger partial charge on any atom is -0.497 e. The molecular weight excluding hydrogens is 376 g/mol. The minimum absolute atomic E-state index is 0.111. The molecule has 1 aliphatic heterocycles. The second-order valence-electron chi connectivity index (χ2n) is 7.39. The van der Waals surface area contributed by atoms with Crippen molar-refractivity contribution in [2.75, 3.05) is 25.1 Å². The number of rotatable bonds is 6. The molecule has 3 aromatic rings. The van der Waals surface area contributed by atoms with Crippen LogP contribution in [0, 0.1) is 0 Å². The minimum atomic E-state index is -0.111. The van der Waals surface area contributed by atoms with Gasteiger partial charge in [0.2, 0.25) is 0 Å². The average Bonchev–Trinajstić information content (AvgIpc) is 2.83. The van der Waals surface area contributed by atoms with Gasteiger partial charge in [0, 0.05) is 43.2 Å². The molecule has 0 atom stereocenters. The zero-order valence-electron chi connectivity index (χ0n) is 17.2. The van der Waals surface area contributed by atoms with E-state index in [4.69, 9.17) is 4.74 Å². The second-order valence-corrected chi connectivity index (χ2v) is 7.39. The molecule has 2 aromatic carbocycles. The summed E-state index contributed by atoms with van der Waals surface area (Å²) in [5.74, 6) is 1.59. The monoisotopic (exact) mass is 402 g/mol. The van der Waals surface area contributed by atoms with Crippen molar-refractivity contribution < 1.29 is 9.53 Å². The second kappa shape index (κ2) is 9.39. The van der Waals surface area contributed by atoms with Crippen molar-refractivity contribution in [2.45, 2.75) is 25.8 Å². The van der Waals surface area contributed by atoms with Gasteiger partial charge in [-0.25, -0.2) is 4.98 Å². The van der Waals surface area contributed by atoms with E-state index in [9.17, 15) is 4.79 Å². The van der Waals surface area contributed by atoms with Crippen LogP contribution in [0.3, 0.4) is 0 Å². The summed E-state index contributed by atoms with van der Waals surface area (Å²) in [4.78, 5) is 24.0. The van der Waals surface area contributed by atoms with E-state index < -0.39 is 0 Å². The van der Waals surface area contributed by atoms with Gasteiger partial charge in [-0.15, -0.1) is 0 Å². The highest BCUT2D eigenvalue weighted by Gasteiger charge is 2.18. The number of methoxy groups -OCH3 is 1. The summed E-state index contributed by atoms with van der Waals surface area (Å²) < 4.78 is 5.23. The van der Waals surface area contributed by atoms with Crippen LogP contribution < -0.4 is 15.0 Å². The lowest BCUT2D eigenvalue weighted by atomic mass is 10.1. The number of amides is 1. The van der Waals surface area contributed by atoms with Crippen molar-refractivity contribution >= 4 is 11.7 Å². The van der Waals surface area contributed by atoms with Crippen LogP contribution in [0.25, 0.3) is 11.3 Å². The zero-order valence-corrected chi connectivity index (χ0v) is 17.2. The Kier molecular flexibility index (Phi) is 6.23. The van der Waals surface area contributed by atoms with E-state index in [-0.39, 0.29) is 5.91 Å². The number of anilines is 1. The summed E-state index contributed by atoms with van der Waals surface area (Å²) in [6.45, 7) is 2.47. The van der Waals surface area contributed by atoms with Crippen LogP contribution >= 0.6 is 0 Å². The molecule has 2 heterocycles. The number of nitrogens with zero attached hydrogens (tertiary/aromatic N) is 3. The molecule has 0 spiro atoms. The molecule has 1 aliphatic rings. The first-order valence-corrected chi connectivity index (χ1v) is 10.3. The maximum absolute atomic E-state index is 12.6. The molecule has 1 N–H and O–H groups in total. The van der Waals surface area contributed by atoms with E-state index in [1.165, 1.54) is 19.3 Å². The molecule has 6 heteroatoms. The number of nitrogens with one attached hydrogen (secondary N) is 1. The van der Waals surface area contributed by atoms with Gasteiger partial charge in [-0.05, 0) is 49.1 Å². The van der Waals surface area contributed by atoms with Gasteiger partial charge in [-0.2, -0.15) is 0 Å². The first-order valence-electron chi connectivity index (χ1n) is 10.3. The number of aromatic nitrogens is 2. The number of carbonyl (C=O) groups is 1. The van der Waals surface area contributed by atoms with Crippen LogP contribution in [-0.4, -0.2) is 36.1 Å². The van der Waals surface area contributed by atoms with E-state index >= 15 is 0 Å². The van der Waals surface area contributed by atoms with Crippen LogP contribution in [-0.2, 0) is 6.54 Å². The van der Waals surface area contributed by atoms with Gasteiger partial charge < -0.3 is 15.0 Å². The Morgan fingerprint density at radius 1 is 1.03 bits per heavy atom. The van der Waals surface area contributed by atoms with Gasteiger partial charge in [0.15, 0.2) is 5.82 Å². The third-order valence-electron chi connectivity index (χ3n) is 5.34. The lowest BCUT2D eigenvalue weighted by Crippen LogP contribution is -2.30. The van der Waals surface area contributed by atoms with Gasteiger partial charge in [0.1, 0.15) is 11.4 Å². The maximum Gasteiger partial charge on any atom is 0.251 e. The Morgan fingerprint density at radius 2 is 1.80 bits per heavy atom. The summed E-state index contributed by atoms with van der Waals surface area (Å²) in [5, 5.41) is 2.96. The number of carbonyl (C=O) groups excluding carboxylic acids is 1. The third kappa shape index (κ3) is 4.59. The molecule has 1 fully saturated rings. The van der Waals surface area contributed by atoms with Crippen molar-refractivity contribution in [3.8, 4) is 17.0 Å². The molecule has 4 rings (SSSR count). The maximum atomic E-state index is 12.6. The first-order chi connectivity index (χ1) is 14.7. The average molecular weight is 402 g/mol. The predicted molar refractivity (Wildman–Crippen MR) is 118 cm³/mol. The van der Waals surface area contributed by atoms with Crippen LogP contribution in [0.2, 0.25) is 0 Å². The van der Waals surface area contributed by atoms with E-state index in [1.54, 1.807) is 19.5 Å². The summed E-state index contributed by atoms with van der Waals surface area (Å²) >= 11 is 0. The van der Waals surface area contributed by atoms with Crippen molar-refractivity contribution in [1.29, 1.82) is 0 Å². The number of benzene rings is 2. The van der Waals surface area contributed by atoms with Gasteiger partial charge in [0.05, 0.1) is 7.11 Å². The van der Waals surface area contributed by atoms with Crippen molar-refractivity contribution in [2.24, 2.45) is 0 Å². The van der Waals surface area contributed by atoms with Crippen molar-refractivity contribution in [3.63, 3.8) is 0 Å². The fourth-order valence-corrected chi connectivity index (χ4v) is 3.72. The fourth-order valence-electron chi connectivity index (χ4n) is 3.72. The standard InChI is InChI=1S/C24H26N4O2/c1-30-21-7-5-6-18(16-21)17-27-24(29)20-10-8-19(9-11-20)22-23(26-13-12-25-22)28-14-3-2-4-15-28/h5-13,16H,2-4,14-15,17H2,1H3,(H,27,29). The Balaban J connectivity index is 1.46. The molecular formula is C24H26N4O2. The SMILES string of the molecule is COc1cccc(CNC(=O)c2ccc(-c3nccnc3N3CCCCC3)cc2)c1. The molecule has 0 bridgehead atoms. The molecule has 0 saturated carbocycles. The summed E-state index contributed by atoms with van der Waals surface area (Å²) in [7, 11) is 1.63. The summed E-state index contributed by atoms with van der Waals surface area (Å²) in [6, 6.07) is 15.2. The number of hydrogen-bond acceptors (Lipinski definition) is 5. The normalized spacial score (nSPS) is 13.7. The number of ether oxygens (including phenoxy) is 1. The number of hydrogen-bond donors (Lipinski definition) is 1. The van der Waals surface area contributed by atoms with Gasteiger partial charge >= 0.3 is 0 Å². The highest BCUT2D eigenvalue weighted by molar-refractivity contribution is 5.94. The van der Waals surface area contributed by atoms with Gasteiger partial charge in [-0.3, -0.25) is 9.78 Å². The Bertz CT molecular complexity index is 998. The molecule has 0 radical (unpaired) electrons. The molecule has 1 aromatic heterocycles. The predicted octanol–water partition coefficient (Wildman–Crippen LogP) is 4.07.